The van der Waals surface area contributed by atoms with E-state index in [1.165, 1.54) is 0 Å². The van der Waals surface area contributed by atoms with Gasteiger partial charge in [0.05, 0.1) is 23.8 Å². The zero-order valence-electron chi connectivity index (χ0n) is 8.12. The van der Waals surface area contributed by atoms with Crippen molar-refractivity contribution < 1.29 is 4.74 Å². The molecule has 0 aliphatic carbocycles. The number of hydrogen-bond acceptors (Lipinski definition) is 2. The van der Waals surface area contributed by atoms with Crippen molar-refractivity contribution in [2.75, 3.05) is 7.11 Å². The van der Waals surface area contributed by atoms with Crippen LogP contribution in [0.4, 0.5) is 0 Å². The molecule has 5 heteroatoms. The number of halogens is 2. The predicted octanol–water partition coefficient (Wildman–Crippen LogP) is 3.02. The van der Waals surface area contributed by atoms with Crippen molar-refractivity contribution in [3.8, 4) is 5.75 Å². The van der Waals surface area contributed by atoms with Crippen LogP contribution >= 0.6 is 27.5 Å². The Kier molecular flexibility index (Phi) is 5.33. The Labute approximate surface area is 97.5 Å². The monoisotopic (exact) mass is 280 g/mol. The maximum absolute atomic E-state index is 5.76. The lowest BCUT2D eigenvalue weighted by Gasteiger charge is -2.02. The molecule has 0 amide bonds. The fraction of sp³-hybridized carbons (Fsp3) is 0.667. The first-order chi connectivity index (χ1) is 6.72. The van der Waals surface area contributed by atoms with Gasteiger partial charge in [0.25, 0.3) is 0 Å². The summed E-state index contributed by atoms with van der Waals surface area (Å²) in [5, 5.41) is 4.15. The van der Waals surface area contributed by atoms with Crippen molar-refractivity contribution in [3.63, 3.8) is 0 Å². The first-order valence-corrected chi connectivity index (χ1v) is 5.92. The third-order valence-electron chi connectivity index (χ3n) is 1.90. The van der Waals surface area contributed by atoms with Crippen molar-refractivity contribution in [2.24, 2.45) is 0 Å². The molecule has 0 saturated carbocycles. The van der Waals surface area contributed by atoms with Gasteiger partial charge in [-0.1, -0.05) is 15.9 Å². The van der Waals surface area contributed by atoms with E-state index in [9.17, 15) is 0 Å². The Morgan fingerprint density at radius 2 is 2.43 bits per heavy atom. The molecule has 80 valence electrons. The summed E-state index contributed by atoms with van der Waals surface area (Å²) in [7, 11) is 1.64. The summed E-state index contributed by atoms with van der Waals surface area (Å²) in [6.07, 6.45) is 6.78. The lowest BCUT2D eigenvalue weighted by atomic mass is 10.2. The van der Waals surface area contributed by atoms with Crippen molar-refractivity contribution in [2.45, 2.75) is 30.1 Å². The highest BCUT2D eigenvalue weighted by molar-refractivity contribution is 9.10. The summed E-state index contributed by atoms with van der Waals surface area (Å²) in [5.74, 6) is 0.806. The molecule has 1 aromatic heterocycles. The molecule has 1 rings (SSSR count). The van der Waals surface area contributed by atoms with Crippen molar-refractivity contribution in [3.05, 3.63) is 12.4 Å². The van der Waals surface area contributed by atoms with Crippen LogP contribution in [0.5, 0.6) is 5.75 Å². The quantitative estimate of drug-likeness (QED) is 0.592. The number of rotatable bonds is 6. The molecule has 3 nitrogen and oxygen atoms in total. The predicted molar refractivity (Wildman–Crippen MR) is 61.2 cm³/mol. The van der Waals surface area contributed by atoms with Gasteiger partial charge in [-0.3, -0.25) is 4.68 Å². The van der Waals surface area contributed by atoms with Crippen LogP contribution in [-0.4, -0.2) is 21.2 Å². The average molecular weight is 282 g/mol. The highest BCUT2D eigenvalue weighted by Gasteiger charge is 1.99. The molecule has 0 spiro atoms. The molecule has 0 fully saturated rings. The standard InChI is InChI=1S/C9H14BrClN2O/c1-14-8-6-12-13(7-8)5-3-2-4-9(10)11/h6-7,9H,2-5H2,1H3. The molecular weight excluding hydrogens is 267 g/mol. The van der Waals surface area contributed by atoms with Gasteiger partial charge in [-0.2, -0.15) is 5.10 Å². The van der Waals surface area contributed by atoms with Gasteiger partial charge in [0, 0.05) is 6.54 Å². The van der Waals surface area contributed by atoms with Gasteiger partial charge in [0.2, 0.25) is 0 Å². The molecule has 0 radical (unpaired) electrons. The van der Waals surface area contributed by atoms with E-state index >= 15 is 0 Å². The van der Waals surface area contributed by atoms with Crippen LogP contribution in [0.15, 0.2) is 12.4 Å². The molecule has 0 N–H and O–H groups in total. The average Bonchev–Trinajstić information content (AvgIpc) is 2.60. The third-order valence-corrected chi connectivity index (χ3v) is 2.58. The fourth-order valence-corrected chi connectivity index (χ4v) is 1.62. The molecule has 0 aliphatic heterocycles. The third kappa shape index (κ3) is 4.33. The Morgan fingerprint density at radius 3 is 3.00 bits per heavy atom. The maximum Gasteiger partial charge on any atom is 0.156 e. The summed E-state index contributed by atoms with van der Waals surface area (Å²) in [6.45, 7) is 0.917. The number of ether oxygens (including phenoxy) is 1. The zero-order chi connectivity index (χ0) is 10.4. The largest absolute Gasteiger partial charge is 0.493 e. The first-order valence-electron chi connectivity index (χ1n) is 4.57. The van der Waals surface area contributed by atoms with Gasteiger partial charge in [0.15, 0.2) is 5.75 Å². The Bertz CT molecular complexity index is 265. The number of methoxy groups -OCH3 is 1. The van der Waals surface area contributed by atoms with Crippen LogP contribution in [0.3, 0.4) is 0 Å². The molecule has 1 atom stereocenters. The minimum atomic E-state index is 0.0923. The molecule has 0 bridgehead atoms. The van der Waals surface area contributed by atoms with E-state index in [4.69, 9.17) is 16.3 Å². The minimum absolute atomic E-state index is 0.0923. The number of hydrogen-bond donors (Lipinski definition) is 0. The van der Waals surface area contributed by atoms with Crippen LogP contribution in [0.1, 0.15) is 19.3 Å². The molecule has 14 heavy (non-hydrogen) atoms. The Morgan fingerprint density at radius 1 is 1.64 bits per heavy atom. The van der Waals surface area contributed by atoms with Gasteiger partial charge in [0.1, 0.15) is 0 Å². The second kappa shape index (κ2) is 6.30. The summed E-state index contributed by atoms with van der Waals surface area (Å²) in [6, 6.07) is 0. The van der Waals surface area contributed by atoms with Gasteiger partial charge < -0.3 is 4.74 Å². The van der Waals surface area contributed by atoms with Crippen molar-refractivity contribution in [1.29, 1.82) is 0 Å². The second-order valence-corrected chi connectivity index (χ2v) is 5.19. The number of unbranched alkanes of at least 4 members (excludes halogenated alkanes) is 1. The first kappa shape index (κ1) is 11.9. The normalized spacial score (nSPS) is 12.8. The van der Waals surface area contributed by atoms with E-state index < -0.39 is 0 Å². The van der Waals surface area contributed by atoms with Crippen LogP contribution in [0, 0.1) is 0 Å². The van der Waals surface area contributed by atoms with Crippen LogP contribution in [0.2, 0.25) is 0 Å². The van der Waals surface area contributed by atoms with Gasteiger partial charge >= 0.3 is 0 Å². The summed E-state index contributed by atoms with van der Waals surface area (Å²) < 4.78 is 7.00. The zero-order valence-corrected chi connectivity index (χ0v) is 10.5. The SMILES string of the molecule is COc1cnn(CCCCC(Cl)Br)c1. The topological polar surface area (TPSA) is 27.1 Å². The number of alkyl halides is 2. The van der Waals surface area contributed by atoms with Gasteiger partial charge in [-0.05, 0) is 19.3 Å². The van der Waals surface area contributed by atoms with E-state index in [1.807, 2.05) is 10.9 Å². The highest BCUT2D eigenvalue weighted by Crippen LogP contribution is 2.14. The molecular formula is C9H14BrClN2O. The smallest absolute Gasteiger partial charge is 0.156 e. The molecule has 0 aliphatic rings. The van der Waals surface area contributed by atoms with Gasteiger partial charge in [-0.25, -0.2) is 0 Å². The fourth-order valence-electron chi connectivity index (χ4n) is 1.14. The lowest BCUT2D eigenvalue weighted by molar-refractivity contribution is 0.413. The minimum Gasteiger partial charge on any atom is -0.493 e. The Hall–Kier alpha value is -0.220. The van der Waals surface area contributed by atoms with Gasteiger partial charge in [-0.15, -0.1) is 11.6 Å². The van der Waals surface area contributed by atoms with E-state index in [2.05, 4.69) is 21.0 Å². The van der Waals surface area contributed by atoms with E-state index in [-0.39, 0.29) is 4.29 Å². The van der Waals surface area contributed by atoms with Crippen molar-refractivity contribution in [1.82, 2.24) is 9.78 Å². The van der Waals surface area contributed by atoms with E-state index in [0.717, 1.165) is 31.6 Å². The lowest BCUT2D eigenvalue weighted by Crippen LogP contribution is -1.98. The molecule has 1 aromatic rings. The van der Waals surface area contributed by atoms with Crippen LogP contribution in [-0.2, 0) is 6.54 Å². The number of aryl methyl sites for hydroxylation is 1. The number of nitrogens with zero attached hydrogens (tertiary/aromatic N) is 2. The van der Waals surface area contributed by atoms with E-state index in [1.54, 1.807) is 13.3 Å². The Balaban J connectivity index is 2.18. The summed E-state index contributed by atoms with van der Waals surface area (Å²) in [5.41, 5.74) is 0. The summed E-state index contributed by atoms with van der Waals surface area (Å²) >= 11 is 9.06. The molecule has 0 aromatic carbocycles. The van der Waals surface area contributed by atoms with Crippen molar-refractivity contribution >= 4 is 27.5 Å². The second-order valence-electron chi connectivity index (χ2n) is 3.03. The maximum atomic E-state index is 5.76. The van der Waals surface area contributed by atoms with E-state index in [0.29, 0.717) is 0 Å². The molecule has 0 saturated heterocycles. The van der Waals surface area contributed by atoms with Crippen LogP contribution < -0.4 is 4.74 Å². The summed E-state index contributed by atoms with van der Waals surface area (Å²) in [4.78, 5) is 0. The molecule has 1 unspecified atom stereocenters. The highest BCUT2D eigenvalue weighted by atomic mass is 79.9. The molecule has 1 heterocycles. The van der Waals surface area contributed by atoms with Crippen LogP contribution in [0.25, 0.3) is 0 Å². The number of aromatic nitrogens is 2.